The van der Waals surface area contributed by atoms with Gasteiger partial charge in [-0.1, -0.05) is 11.6 Å². The second-order valence-corrected chi connectivity index (χ2v) is 4.73. The fourth-order valence-electron chi connectivity index (χ4n) is 1.15. The molecule has 1 aromatic rings. The van der Waals surface area contributed by atoms with Gasteiger partial charge >= 0.3 is 0 Å². The largest absolute Gasteiger partial charge is 0.383 e. The molecule has 0 aliphatic heterocycles. The van der Waals surface area contributed by atoms with Crippen LogP contribution in [0.3, 0.4) is 0 Å². The third kappa shape index (κ3) is 4.49. The first-order valence-electron chi connectivity index (χ1n) is 4.86. The number of rotatable bonds is 4. The van der Waals surface area contributed by atoms with Crippen molar-refractivity contribution in [3.8, 4) is 0 Å². The molecule has 0 aliphatic carbocycles. The molecule has 0 heterocycles. The van der Waals surface area contributed by atoms with Crippen molar-refractivity contribution >= 4 is 17.3 Å². The molecule has 0 aliphatic rings. The third-order valence-electron chi connectivity index (χ3n) is 2.01. The predicted molar refractivity (Wildman–Crippen MR) is 62.8 cm³/mol. The van der Waals surface area contributed by atoms with Crippen LogP contribution in [0.15, 0.2) is 18.2 Å². The Kier molecular flexibility index (Phi) is 3.94. The topological polar surface area (TPSA) is 38.0 Å². The summed E-state index contributed by atoms with van der Waals surface area (Å²) >= 11 is 5.75. The van der Waals surface area contributed by atoms with E-state index in [-0.39, 0.29) is 11.4 Å². The third-order valence-corrected chi connectivity index (χ3v) is 2.25. The summed E-state index contributed by atoms with van der Waals surface area (Å²) < 4.78 is 13.2. The zero-order valence-corrected chi connectivity index (χ0v) is 9.74. The van der Waals surface area contributed by atoms with Crippen molar-refractivity contribution in [2.45, 2.75) is 25.8 Å². The molecule has 0 bridgehead atoms. The quantitative estimate of drug-likeness (QED) is 0.835. The predicted octanol–water partition coefficient (Wildman–Crippen LogP) is 3.02. The first-order chi connectivity index (χ1) is 6.88. The second kappa shape index (κ2) is 4.81. The van der Waals surface area contributed by atoms with E-state index in [2.05, 4.69) is 5.32 Å². The minimum atomic E-state index is -0.297. The van der Waals surface area contributed by atoms with Crippen molar-refractivity contribution < 1.29 is 4.39 Å². The Morgan fingerprint density at radius 3 is 2.73 bits per heavy atom. The highest BCUT2D eigenvalue weighted by atomic mass is 35.5. The fourth-order valence-corrected chi connectivity index (χ4v) is 1.32. The SMILES string of the molecule is CC(C)(N)CCNc1cc(Cl)ccc1F. The molecule has 1 aromatic carbocycles. The van der Waals surface area contributed by atoms with Gasteiger partial charge in [0.25, 0.3) is 0 Å². The molecule has 0 saturated carbocycles. The molecule has 3 N–H and O–H groups in total. The average molecular weight is 231 g/mol. The van der Waals surface area contributed by atoms with Crippen LogP contribution in [-0.4, -0.2) is 12.1 Å². The maximum Gasteiger partial charge on any atom is 0.146 e. The number of hydrogen-bond donors (Lipinski definition) is 2. The Balaban J connectivity index is 2.54. The highest BCUT2D eigenvalue weighted by molar-refractivity contribution is 6.30. The van der Waals surface area contributed by atoms with Gasteiger partial charge in [0, 0.05) is 17.1 Å². The number of nitrogens with two attached hydrogens (primary N) is 1. The van der Waals surface area contributed by atoms with E-state index in [1.807, 2.05) is 13.8 Å². The normalized spacial score (nSPS) is 11.5. The van der Waals surface area contributed by atoms with Crippen LogP contribution in [0.2, 0.25) is 5.02 Å². The van der Waals surface area contributed by atoms with E-state index in [0.717, 1.165) is 6.42 Å². The van der Waals surface area contributed by atoms with Crippen molar-refractivity contribution in [1.82, 2.24) is 0 Å². The molecule has 0 saturated heterocycles. The number of nitrogens with one attached hydrogen (secondary N) is 1. The van der Waals surface area contributed by atoms with Crippen LogP contribution in [-0.2, 0) is 0 Å². The van der Waals surface area contributed by atoms with Crippen LogP contribution in [0.1, 0.15) is 20.3 Å². The summed E-state index contributed by atoms with van der Waals surface area (Å²) in [5, 5.41) is 3.49. The van der Waals surface area contributed by atoms with Gasteiger partial charge in [-0.25, -0.2) is 4.39 Å². The molecule has 0 fully saturated rings. The zero-order chi connectivity index (χ0) is 11.5. The van der Waals surface area contributed by atoms with Crippen LogP contribution in [0, 0.1) is 5.82 Å². The lowest BCUT2D eigenvalue weighted by Gasteiger charge is -2.18. The highest BCUT2D eigenvalue weighted by Crippen LogP contribution is 2.19. The van der Waals surface area contributed by atoms with Gasteiger partial charge in [-0.15, -0.1) is 0 Å². The van der Waals surface area contributed by atoms with Crippen LogP contribution < -0.4 is 11.1 Å². The molecule has 84 valence electrons. The molecule has 15 heavy (non-hydrogen) atoms. The van der Waals surface area contributed by atoms with Crippen LogP contribution in [0.5, 0.6) is 0 Å². The molecule has 0 unspecified atom stereocenters. The molecule has 1 rings (SSSR count). The summed E-state index contributed by atoms with van der Waals surface area (Å²) in [6, 6.07) is 4.44. The smallest absolute Gasteiger partial charge is 0.146 e. The average Bonchev–Trinajstić information content (AvgIpc) is 2.09. The van der Waals surface area contributed by atoms with E-state index in [4.69, 9.17) is 17.3 Å². The molecule has 0 amide bonds. The van der Waals surface area contributed by atoms with Crippen LogP contribution in [0.4, 0.5) is 10.1 Å². The van der Waals surface area contributed by atoms with Gasteiger partial charge in [-0.2, -0.15) is 0 Å². The zero-order valence-electron chi connectivity index (χ0n) is 8.98. The van der Waals surface area contributed by atoms with Crippen LogP contribution >= 0.6 is 11.6 Å². The van der Waals surface area contributed by atoms with Crippen molar-refractivity contribution in [2.75, 3.05) is 11.9 Å². The molecule has 0 aromatic heterocycles. The minimum absolute atomic E-state index is 0.248. The first-order valence-corrected chi connectivity index (χ1v) is 5.24. The van der Waals surface area contributed by atoms with Gasteiger partial charge in [0.1, 0.15) is 5.82 Å². The standard InChI is InChI=1S/C11H16ClFN2/c1-11(2,14)5-6-15-10-7-8(12)3-4-9(10)13/h3-4,7,15H,5-6,14H2,1-2H3. The van der Waals surface area contributed by atoms with Crippen LogP contribution in [0.25, 0.3) is 0 Å². The molecule has 2 nitrogen and oxygen atoms in total. The van der Waals surface area contributed by atoms with Crippen molar-refractivity contribution in [3.05, 3.63) is 29.0 Å². The number of hydrogen-bond acceptors (Lipinski definition) is 2. The summed E-state index contributed by atoms with van der Waals surface area (Å²) in [7, 11) is 0. The summed E-state index contributed by atoms with van der Waals surface area (Å²) in [5.74, 6) is -0.297. The van der Waals surface area contributed by atoms with Crippen molar-refractivity contribution in [1.29, 1.82) is 0 Å². The summed E-state index contributed by atoms with van der Waals surface area (Å²) in [5.41, 5.74) is 5.98. The van der Waals surface area contributed by atoms with E-state index in [0.29, 0.717) is 17.3 Å². The lowest BCUT2D eigenvalue weighted by Crippen LogP contribution is -2.34. The Hall–Kier alpha value is -0.800. The monoisotopic (exact) mass is 230 g/mol. The molecular formula is C11H16ClFN2. The summed E-state index contributed by atoms with van der Waals surface area (Å²) in [6.45, 7) is 4.49. The van der Waals surface area contributed by atoms with E-state index in [9.17, 15) is 4.39 Å². The van der Waals surface area contributed by atoms with E-state index >= 15 is 0 Å². The highest BCUT2D eigenvalue weighted by Gasteiger charge is 2.10. The Morgan fingerprint density at radius 2 is 2.13 bits per heavy atom. The Bertz CT molecular complexity index is 334. The Morgan fingerprint density at radius 1 is 1.47 bits per heavy atom. The minimum Gasteiger partial charge on any atom is -0.383 e. The van der Waals surface area contributed by atoms with Gasteiger partial charge in [0.2, 0.25) is 0 Å². The maximum absolute atomic E-state index is 13.2. The molecule has 4 heteroatoms. The lowest BCUT2D eigenvalue weighted by atomic mass is 10.0. The second-order valence-electron chi connectivity index (χ2n) is 4.29. The number of anilines is 1. The first kappa shape index (κ1) is 12.3. The number of halogens is 2. The molecular weight excluding hydrogens is 215 g/mol. The maximum atomic E-state index is 13.2. The lowest BCUT2D eigenvalue weighted by molar-refractivity contribution is 0.490. The summed E-state index contributed by atoms with van der Waals surface area (Å²) in [4.78, 5) is 0. The van der Waals surface area contributed by atoms with Gasteiger partial charge < -0.3 is 11.1 Å². The summed E-state index contributed by atoms with van der Waals surface area (Å²) in [6.07, 6.45) is 0.763. The Labute approximate surface area is 94.6 Å². The number of benzene rings is 1. The molecule has 0 radical (unpaired) electrons. The van der Waals surface area contributed by atoms with Crippen molar-refractivity contribution in [2.24, 2.45) is 5.73 Å². The molecule has 0 atom stereocenters. The van der Waals surface area contributed by atoms with Gasteiger partial charge in [-0.05, 0) is 38.5 Å². The fraction of sp³-hybridized carbons (Fsp3) is 0.455. The van der Waals surface area contributed by atoms with E-state index in [1.54, 1.807) is 6.07 Å². The van der Waals surface area contributed by atoms with Gasteiger partial charge in [0.05, 0.1) is 5.69 Å². The van der Waals surface area contributed by atoms with E-state index < -0.39 is 0 Å². The van der Waals surface area contributed by atoms with Crippen molar-refractivity contribution in [3.63, 3.8) is 0 Å². The van der Waals surface area contributed by atoms with Gasteiger partial charge in [-0.3, -0.25) is 0 Å². The van der Waals surface area contributed by atoms with Gasteiger partial charge in [0.15, 0.2) is 0 Å². The molecule has 0 spiro atoms. The van der Waals surface area contributed by atoms with E-state index in [1.165, 1.54) is 12.1 Å².